The van der Waals surface area contributed by atoms with Gasteiger partial charge in [-0.2, -0.15) is 0 Å². The number of nitrogens with one attached hydrogen (secondary N) is 1. The third kappa shape index (κ3) is 8.36. The van der Waals surface area contributed by atoms with E-state index >= 15 is 0 Å². The predicted octanol–water partition coefficient (Wildman–Crippen LogP) is 3.78. The molecule has 0 saturated heterocycles. The molecule has 0 aromatic heterocycles. The smallest absolute Gasteiger partial charge is 0.162 e. The van der Waals surface area contributed by atoms with Crippen molar-refractivity contribution in [3.63, 3.8) is 0 Å². The number of hydrogen-bond acceptors (Lipinski definition) is 5. The first-order chi connectivity index (χ1) is 14.1. The topological polar surface area (TPSA) is 67.8 Å². The van der Waals surface area contributed by atoms with Gasteiger partial charge in [-0.05, 0) is 43.1 Å². The molecule has 0 spiro atoms. The van der Waals surface area contributed by atoms with Gasteiger partial charge in [0.1, 0.15) is 18.5 Å². The van der Waals surface area contributed by atoms with Crippen molar-refractivity contribution in [1.29, 1.82) is 0 Å². The molecule has 158 valence electrons. The fraction of sp³-hybridized carbons (Fsp3) is 0.458. The monoisotopic (exact) mass is 399 g/mol. The first-order valence-corrected chi connectivity index (χ1v) is 10.4. The van der Waals surface area contributed by atoms with Crippen LogP contribution in [0.15, 0.2) is 48.5 Å². The molecule has 0 heterocycles. The van der Waals surface area contributed by atoms with Gasteiger partial charge in [-0.3, -0.25) is 4.79 Å². The highest BCUT2D eigenvalue weighted by atomic mass is 16.5. The molecular weight excluding hydrogens is 366 g/mol. The van der Waals surface area contributed by atoms with Crippen LogP contribution in [0.1, 0.15) is 48.2 Å². The third-order valence-electron chi connectivity index (χ3n) is 4.55. The van der Waals surface area contributed by atoms with Gasteiger partial charge < -0.3 is 19.9 Å². The van der Waals surface area contributed by atoms with Crippen LogP contribution in [0.4, 0.5) is 0 Å². The van der Waals surface area contributed by atoms with Crippen molar-refractivity contribution in [3.8, 4) is 5.75 Å². The van der Waals surface area contributed by atoms with E-state index in [1.807, 2.05) is 31.2 Å². The molecule has 0 aliphatic carbocycles. The van der Waals surface area contributed by atoms with E-state index in [2.05, 4.69) is 24.4 Å². The maximum absolute atomic E-state index is 12.0. The molecule has 1 atom stereocenters. The number of carbonyl (C=O) groups is 1. The molecule has 2 N–H and O–H groups in total. The molecule has 29 heavy (non-hydrogen) atoms. The highest BCUT2D eigenvalue weighted by molar-refractivity contribution is 5.96. The van der Waals surface area contributed by atoms with Crippen molar-refractivity contribution < 1.29 is 19.4 Å². The maximum atomic E-state index is 12.0. The largest absolute Gasteiger partial charge is 0.490 e. The predicted molar refractivity (Wildman–Crippen MR) is 116 cm³/mol. The maximum Gasteiger partial charge on any atom is 0.162 e. The normalized spacial score (nSPS) is 12.0. The van der Waals surface area contributed by atoms with Crippen molar-refractivity contribution in [1.82, 2.24) is 5.32 Å². The summed E-state index contributed by atoms with van der Waals surface area (Å²) in [6.07, 6.45) is 1.69. The van der Waals surface area contributed by atoms with Gasteiger partial charge in [-0.25, -0.2) is 0 Å². The number of hydrogen-bond donors (Lipinski definition) is 2. The SMILES string of the molecule is CCCOCc1cc(C(=O)CC)ccc1OCC(O)CNCCc1ccccc1. The second-order valence-corrected chi connectivity index (χ2v) is 7.06. The van der Waals surface area contributed by atoms with Crippen LogP contribution < -0.4 is 10.1 Å². The molecule has 0 fully saturated rings. The van der Waals surface area contributed by atoms with E-state index in [1.54, 1.807) is 12.1 Å². The van der Waals surface area contributed by atoms with Gasteiger partial charge in [0.25, 0.3) is 0 Å². The molecular formula is C24H33NO4. The Kier molecular flexibility index (Phi) is 10.4. The minimum atomic E-state index is -0.618. The fourth-order valence-electron chi connectivity index (χ4n) is 2.93. The zero-order valence-electron chi connectivity index (χ0n) is 17.5. The Labute approximate surface area is 174 Å². The molecule has 5 nitrogen and oxygen atoms in total. The lowest BCUT2D eigenvalue weighted by Crippen LogP contribution is -2.32. The number of ether oxygens (including phenoxy) is 2. The lowest BCUT2D eigenvalue weighted by molar-refractivity contribution is 0.0969. The molecule has 0 amide bonds. The minimum Gasteiger partial charge on any atom is -0.490 e. The van der Waals surface area contributed by atoms with E-state index in [4.69, 9.17) is 9.47 Å². The van der Waals surface area contributed by atoms with Crippen LogP contribution in [0, 0.1) is 0 Å². The van der Waals surface area contributed by atoms with Crippen molar-refractivity contribution >= 4 is 5.78 Å². The van der Waals surface area contributed by atoms with Crippen molar-refractivity contribution in [3.05, 3.63) is 65.2 Å². The first kappa shape index (κ1) is 23.1. The van der Waals surface area contributed by atoms with Gasteiger partial charge in [0, 0.05) is 30.7 Å². The second kappa shape index (κ2) is 13.1. The van der Waals surface area contributed by atoms with E-state index in [-0.39, 0.29) is 12.4 Å². The lowest BCUT2D eigenvalue weighted by Gasteiger charge is -2.16. The van der Waals surface area contributed by atoms with Gasteiger partial charge in [0.05, 0.1) is 6.61 Å². The fourth-order valence-corrected chi connectivity index (χ4v) is 2.93. The Morgan fingerprint density at radius 3 is 2.66 bits per heavy atom. The Hall–Kier alpha value is -2.21. The van der Waals surface area contributed by atoms with Gasteiger partial charge in [-0.15, -0.1) is 0 Å². The third-order valence-corrected chi connectivity index (χ3v) is 4.55. The number of carbonyl (C=O) groups excluding carboxylic acids is 1. The Morgan fingerprint density at radius 2 is 1.93 bits per heavy atom. The van der Waals surface area contributed by atoms with Crippen LogP contribution in [0.2, 0.25) is 0 Å². The summed E-state index contributed by atoms with van der Waals surface area (Å²) in [5, 5.41) is 13.5. The summed E-state index contributed by atoms with van der Waals surface area (Å²) in [6.45, 7) is 6.38. The number of aliphatic hydroxyl groups is 1. The quantitative estimate of drug-likeness (QED) is 0.374. The number of Topliss-reactive ketones (excluding diaryl/α,β-unsaturated/α-hetero) is 1. The number of ketones is 1. The molecule has 5 heteroatoms. The molecule has 0 radical (unpaired) electrons. The molecule has 0 saturated carbocycles. The number of aliphatic hydroxyl groups excluding tert-OH is 1. The van der Waals surface area contributed by atoms with Crippen LogP contribution in [-0.2, 0) is 17.8 Å². The average molecular weight is 400 g/mol. The summed E-state index contributed by atoms with van der Waals surface area (Å²) in [5.74, 6) is 0.744. The van der Waals surface area contributed by atoms with Crippen molar-refractivity contribution in [2.75, 3.05) is 26.3 Å². The highest BCUT2D eigenvalue weighted by Gasteiger charge is 2.12. The van der Waals surface area contributed by atoms with Crippen LogP contribution in [0.3, 0.4) is 0 Å². The van der Waals surface area contributed by atoms with Crippen molar-refractivity contribution in [2.45, 2.75) is 45.8 Å². The van der Waals surface area contributed by atoms with Gasteiger partial charge >= 0.3 is 0 Å². The summed E-state index contributed by atoms with van der Waals surface area (Å²) < 4.78 is 11.5. The Balaban J connectivity index is 1.82. The molecule has 2 aromatic carbocycles. The van der Waals surface area contributed by atoms with Gasteiger partial charge in [0.15, 0.2) is 5.78 Å². The molecule has 1 unspecified atom stereocenters. The molecule has 2 rings (SSSR count). The number of benzene rings is 2. The minimum absolute atomic E-state index is 0.0935. The van der Waals surface area contributed by atoms with E-state index in [9.17, 15) is 9.90 Å². The zero-order valence-corrected chi connectivity index (χ0v) is 17.5. The first-order valence-electron chi connectivity index (χ1n) is 10.4. The van der Waals surface area contributed by atoms with Crippen LogP contribution in [0.5, 0.6) is 5.75 Å². The van der Waals surface area contributed by atoms with Crippen molar-refractivity contribution in [2.24, 2.45) is 0 Å². The second-order valence-electron chi connectivity index (χ2n) is 7.06. The zero-order chi connectivity index (χ0) is 20.9. The van der Waals surface area contributed by atoms with E-state index in [0.29, 0.717) is 37.5 Å². The van der Waals surface area contributed by atoms with E-state index < -0.39 is 6.10 Å². The molecule has 0 aliphatic heterocycles. The highest BCUT2D eigenvalue weighted by Crippen LogP contribution is 2.22. The van der Waals surface area contributed by atoms with Gasteiger partial charge in [0.2, 0.25) is 0 Å². The Bertz CT molecular complexity index is 733. The standard InChI is InChI=1S/C24H33NO4/c1-3-14-28-17-21-15-20(23(27)4-2)10-11-24(21)29-18-22(26)16-25-13-12-19-8-6-5-7-9-19/h5-11,15,22,25-26H,3-4,12-14,16-18H2,1-2H3. The molecule has 0 bridgehead atoms. The molecule has 2 aromatic rings. The van der Waals surface area contributed by atoms with Crippen LogP contribution >= 0.6 is 0 Å². The molecule has 0 aliphatic rings. The number of rotatable bonds is 14. The summed E-state index contributed by atoms with van der Waals surface area (Å²) >= 11 is 0. The summed E-state index contributed by atoms with van der Waals surface area (Å²) in [5.41, 5.74) is 2.77. The van der Waals surface area contributed by atoms with Crippen LogP contribution in [-0.4, -0.2) is 43.3 Å². The summed E-state index contributed by atoms with van der Waals surface area (Å²) in [4.78, 5) is 12.0. The average Bonchev–Trinajstić information content (AvgIpc) is 2.76. The summed E-state index contributed by atoms with van der Waals surface area (Å²) in [7, 11) is 0. The summed E-state index contributed by atoms with van der Waals surface area (Å²) in [6, 6.07) is 15.6. The Morgan fingerprint density at radius 1 is 1.14 bits per heavy atom. The van der Waals surface area contributed by atoms with E-state index in [1.165, 1.54) is 5.56 Å². The van der Waals surface area contributed by atoms with Crippen LogP contribution in [0.25, 0.3) is 0 Å². The van der Waals surface area contributed by atoms with Gasteiger partial charge in [-0.1, -0.05) is 44.2 Å². The lowest BCUT2D eigenvalue weighted by atomic mass is 10.1. The van der Waals surface area contributed by atoms with E-state index in [0.717, 1.165) is 24.9 Å².